The van der Waals surface area contributed by atoms with E-state index >= 15 is 0 Å². The largest absolute Gasteiger partial charge is 0.445 e. The van der Waals surface area contributed by atoms with Crippen molar-refractivity contribution >= 4 is 11.9 Å². The van der Waals surface area contributed by atoms with Gasteiger partial charge in [0.05, 0.1) is 6.04 Å². The van der Waals surface area contributed by atoms with Gasteiger partial charge in [-0.3, -0.25) is 4.79 Å². The number of rotatable bonds is 5. The molecule has 0 bridgehead atoms. The lowest BCUT2D eigenvalue weighted by molar-refractivity contribution is 0.0926. The first-order valence-corrected chi connectivity index (χ1v) is 6.73. The molecule has 4 nitrogen and oxygen atoms in total. The molecule has 0 fully saturated rings. The molecule has 0 aliphatic rings. The summed E-state index contributed by atoms with van der Waals surface area (Å²) in [6, 6.07) is 17.6. The van der Waals surface area contributed by atoms with Crippen molar-refractivity contribution in [1.29, 1.82) is 0 Å². The summed E-state index contributed by atoms with van der Waals surface area (Å²) >= 11 is 0. The monoisotopic (exact) mass is 283 g/mol. The minimum Gasteiger partial charge on any atom is -0.445 e. The fraction of sp³-hybridized carbons (Fsp3) is 0.176. The molecule has 0 spiro atoms. The van der Waals surface area contributed by atoms with Gasteiger partial charge in [0.25, 0.3) is 0 Å². The van der Waals surface area contributed by atoms with Gasteiger partial charge in [-0.25, -0.2) is 4.79 Å². The molecule has 1 N–H and O–H groups in total. The SMILES string of the molecule is C[C@H](NC(=O)OCc1ccccc1)C(=O)c1ccccc1. The normalized spacial score (nSPS) is 11.5. The quantitative estimate of drug-likeness (QED) is 0.857. The highest BCUT2D eigenvalue weighted by Gasteiger charge is 2.17. The summed E-state index contributed by atoms with van der Waals surface area (Å²) in [5, 5.41) is 2.54. The summed E-state index contributed by atoms with van der Waals surface area (Å²) in [4.78, 5) is 23.8. The second kappa shape index (κ2) is 7.24. The molecule has 2 aromatic rings. The highest BCUT2D eigenvalue weighted by molar-refractivity contribution is 6.01. The van der Waals surface area contributed by atoms with Gasteiger partial charge in [0.15, 0.2) is 5.78 Å². The van der Waals surface area contributed by atoms with Crippen molar-refractivity contribution in [1.82, 2.24) is 5.32 Å². The van der Waals surface area contributed by atoms with Crippen LogP contribution in [0.1, 0.15) is 22.8 Å². The summed E-state index contributed by atoms with van der Waals surface area (Å²) in [5.41, 5.74) is 1.46. The smallest absolute Gasteiger partial charge is 0.408 e. The molecule has 0 unspecified atom stereocenters. The van der Waals surface area contributed by atoms with Crippen LogP contribution in [0.3, 0.4) is 0 Å². The third-order valence-electron chi connectivity index (χ3n) is 3.00. The van der Waals surface area contributed by atoms with Gasteiger partial charge in [0, 0.05) is 5.56 Å². The first kappa shape index (κ1) is 14.8. The number of alkyl carbamates (subject to hydrolysis) is 1. The van der Waals surface area contributed by atoms with Crippen LogP contribution in [-0.2, 0) is 11.3 Å². The number of carbonyl (C=O) groups excluding carboxylic acids is 2. The van der Waals surface area contributed by atoms with E-state index in [2.05, 4.69) is 5.32 Å². The highest BCUT2D eigenvalue weighted by Crippen LogP contribution is 2.04. The highest BCUT2D eigenvalue weighted by atomic mass is 16.5. The van der Waals surface area contributed by atoms with Gasteiger partial charge in [-0.2, -0.15) is 0 Å². The van der Waals surface area contributed by atoms with Crippen LogP contribution in [-0.4, -0.2) is 17.9 Å². The summed E-state index contributed by atoms with van der Waals surface area (Å²) < 4.78 is 5.08. The maximum Gasteiger partial charge on any atom is 0.408 e. The van der Waals surface area contributed by atoms with Crippen LogP contribution in [0.5, 0.6) is 0 Å². The third kappa shape index (κ3) is 4.45. The number of Topliss-reactive ketones (excluding diaryl/α,β-unsaturated/α-hetero) is 1. The Bertz CT molecular complexity index is 596. The number of nitrogens with one attached hydrogen (secondary N) is 1. The molecule has 2 aromatic carbocycles. The third-order valence-corrected chi connectivity index (χ3v) is 3.00. The number of carbonyl (C=O) groups is 2. The molecule has 0 aliphatic heterocycles. The fourth-order valence-electron chi connectivity index (χ4n) is 1.86. The summed E-state index contributed by atoms with van der Waals surface area (Å²) in [6.07, 6.45) is -0.601. The Hall–Kier alpha value is -2.62. The topological polar surface area (TPSA) is 55.4 Å². The first-order valence-electron chi connectivity index (χ1n) is 6.73. The molecule has 0 saturated heterocycles. The van der Waals surface area contributed by atoms with Crippen LogP contribution < -0.4 is 5.32 Å². The lowest BCUT2D eigenvalue weighted by Crippen LogP contribution is -2.38. The second-order valence-corrected chi connectivity index (χ2v) is 4.66. The lowest BCUT2D eigenvalue weighted by Gasteiger charge is -2.13. The molecule has 0 aromatic heterocycles. The van der Waals surface area contributed by atoms with Gasteiger partial charge in [-0.1, -0.05) is 60.7 Å². The minimum atomic E-state index is -0.629. The minimum absolute atomic E-state index is 0.146. The Balaban J connectivity index is 1.83. The molecule has 0 aliphatic carbocycles. The molecular formula is C17H17NO3. The molecule has 2 rings (SSSR count). The molecule has 108 valence electrons. The van der Waals surface area contributed by atoms with Gasteiger partial charge >= 0.3 is 6.09 Å². The van der Waals surface area contributed by atoms with E-state index in [-0.39, 0.29) is 12.4 Å². The standard InChI is InChI=1S/C17H17NO3/c1-13(16(19)15-10-6-3-7-11-15)18-17(20)21-12-14-8-4-2-5-9-14/h2-11,13H,12H2,1H3,(H,18,20)/t13-/m0/s1. The van der Waals surface area contributed by atoms with Crippen molar-refractivity contribution in [2.24, 2.45) is 0 Å². The second-order valence-electron chi connectivity index (χ2n) is 4.66. The van der Waals surface area contributed by atoms with Gasteiger partial charge in [0.1, 0.15) is 6.61 Å². The Kier molecular flexibility index (Phi) is 5.10. The van der Waals surface area contributed by atoms with Crippen molar-refractivity contribution in [3.05, 3.63) is 71.8 Å². The van der Waals surface area contributed by atoms with Gasteiger partial charge in [0.2, 0.25) is 0 Å². The molecule has 1 amide bonds. The number of ketones is 1. The van der Waals surface area contributed by atoms with Crippen LogP contribution in [0.15, 0.2) is 60.7 Å². The van der Waals surface area contributed by atoms with Crippen LogP contribution in [0.2, 0.25) is 0 Å². The number of hydrogen-bond acceptors (Lipinski definition) is 3. The average molecular weight is 283 g/mol. The van der Waals surface area contributed by atoms with E-state index in [4.69, 9.17) is 4.74 Å². The van der Waals surface area contributed by atoms with Crippen LogP contribution in [0, 0.1) is 0 Å². The maximum absolute atomic E-state index is 12.1. The van der Waals surface area contributed by atoms with Crippen molar-refractivity contribution in [3.8, 4) is 0 Å². The van der Waals surface area contributed by atoms with Crippen molar-refractivity contribution in [2.75, 3.05) is 0 Å². The van der Waals surface area contributed by atoms with E-state index in [1.807, 2.05) is 36.4 Å². The molecule has 4 heteroatoms. The Labute approximate surface area is 123 Å². The van der Waals surface area contributed by atoms with Crippen LogP contribution >= 0.6 is 0 Å². The number of hydrogen-bond donors (Lipinski definition) is 1. The average Bonchev–Trinajstić information content (AvgIpc) is 2.54. The molecule has 0 radical (unpaired) electrons. The molecule has 0 heterocycles. The van der Waals surface area contributed by atoms with Crippen LogP contribution in [0.4, 0.5) is 4.79 Å². The van der Waals surface area contributed by atoms with Crippen LogP contribution in [0.25, 0.3) is 0 Å². The van der Waals surface area contributed by atoms with Crippen molar-refractivity contribution in [2.45, 2.75) is 19.6 Å². The van der Waals surface area contributed by atoms with E-state index in [0.717, 1.165) is 5.56 Å². The summed E-state index contributed by atoms with van der Waals surface area (Å²) in [7, 11) is 0. The predicted molar refractivity (Wildman–Crippen MR) is 80.0 cm³/mol. The maximum atomic E-state index is 12.1. The zero-order valence-electron chi connectivity index (χ0n) is 11.8. The van der Waals surface area contributed by atoms with Gasteiger partial charge < -0.3 is 10.1 Å². The fourth-order valence-corrected chi connectivity index (χ4v) is 1.86. The van der Waals surface area contributed by atoms with E-state index in [1.54, 1.807) is 31.2 Å². The molecule has 21 heavy (non-hydrogen) atoms. The summed E-state index contributed by atoms with van der Waals surface area (Å²) in [5.74, 6) is -0.146. The number of ether oxygens (including phenoxy) is 1. The van der Waals surface area contributed by atoms with E-state index in [0.29, 0.717) is 5.56 Å². The zero-order valence-corrected chi connectivity index (χ0v) is 11.8. The zero-order chi connectivity index (χ0) is 15.1. The Morgan fingerprint density at radius 1 is 1.00 bits per heavy atom. The first-order chi connectivity index (χ1) is 10.2. The summed E-state index contributed by atoms with van der Waals surface area (Å²) in [6.45, 7) is 1.82. The Morgan fingerprint density at radius 2 is 1.57 bits per heavy atom. The molecular weight excluding hydrogens is 266 g/mol. The van der Waals surface area contributed by atoms with Gasteiger partial charge in [-0.05, 0) is 12.5 Å². The van der Waals surface area contributed by atoms with Gasteiger partial charge in [-0.15, -0.1) is 0 Å². The van der Waals surface area contributed by atoms with Crippen molar-refractivity contribution in [3.63, 3.8) is 0 Å². The number of amides is 1. The molecule has 0 saturated carbocycles. The van der Waals surface area contributed by atoms with E-state index in [1.165, 1.54) is 0 Å². The predicted octanol–water partition coefficient (Wildman–Crippen LogP) is 3.18. The van der Waals surface area contributed by atoms with Crippen molar-refractivity contribution < 1.29 is 14.3 Å². The lowest BCUT2D eigenvalue weighted by atomic mass is 10.1. The Morgan fingerprint density at radius 3 is 2.19 bits per heavy atom. The van der Waals surface area contributed by atoms with E-state index in [9.17, 15) is 9.59 Å². The molecule has 1 atom stereocenters. The van der Waals surface area contributed by atoms with E-state index < -0.39 is 12.1 Å². The number of benzene rings is 2.